The van der Waals surface area contributed by atoms with E-state index >= 15 is 0 Å². The highest BCUT2D eigenvalue weighted by Crippen LogP contribution is 2.32. The van der Waals surface area contributed by atoms with Crippen molar-refractivity contribution in [2.75, 3.05) is 6.61 Å². The molecule has 1 aliphatic rings. The molecule has 0 atom stereocenters. The number of ether oxygens (including phenoxy) is 1. The van der Waals surface area contributed by atoms with Crippen LogP contribution in [0.25, 0.3) is 0 Å². The van der Waals surface area contributed by atoms with Crippen LogP contribution in [0.5, 0.6) is 5.75 Å². The van der Waals surface area contributed by atoms with Gasteiger partial charge < -0.3 is 9.84 Å². The first kappa shape index (κ1) is 14.1. The Hall–Kier alpha value is -1.35. The smallest absolute Gasteiger partial charge is 0.159 e. The first-order chi connectivity index (χ1) is 8.98. The third-order valence-electron chi connectivity index (χ3n) is 3.97. The third kappa shape index (κ3) is 3.80. The molecular weight excluding hydrogens is 240 g/mol. The topological polar surface area (TPSA) is 46.5 Å². The highest BCUT2D eigenvalue weighted by molar-refractivity contribution is 5.94. The minimum Gasteiger partial charge on any atom is -0.491 e. The number of aliphatic hydroxyl groups is 1. The summed E-state index contributed by atoms with van der Waals surface area (Å²) in [6.45, 7) is 4.10. The number of hydrogen-bond donors (Lipinski definition) is 1. The molecule has 0 radical (unpaired) electrons. The Balaban J connectivity index is 1.89. The monoisotopic (exact) mass is 262 g/mol. The average Bonchev–Trinajstić information content (AvgIpc) is 2.41. The van der Waals surface area contributed by atoms with Gasteiger partial charge in [-0.25, -0.2) is 0 Å². The average molecular weight is 262 g/mol. The highest BCUT2D eigenvalue weighted by atomic mass is 16.5. The van der Waals surface area contributed by atoms with Gasteiger partial charge in [-0.05, 0) is 62.8 Å². The van der Waals surface area contributed by atoms with Crippen LogP contribution < -0.4 is 4.74 Å². The Bertz CT molecular complexity index is 428. The molecule has 104 valence electrons. The van der Waals surface area contributed by atoms with E-state index in [1.54, 1.807) is 31.2 Å². The van der Waals surface area contributed by atoms with Crippen LogP contribution in [0.3, 0.4) is 0 Å². The van der Waals surface area contributed by atoms with Crippen LogP contribution in [0.1, 0.15) is 49.9 Å². The molecule has 2 rings (SSSR count). The number of hydrogen-bond acceptors (Lipinski definition) is 3. The summed E-state index contributed by atoms with van der Waals surface area (Å²) in [6, 6.07) is 7.08. The predicted molar refractivity (Wildman–Crippen MR) is 74.5 cm³/mol. The Kier molecular flexibility index (Phi) is 4.25. The van der Waals surface area contributed by atoms with Crippen molar-refractivity contribution in [3.63, 3.8) is 0 Å². The molecule has 0 unspecified atom stereocenters. The molecule has 0 aromatic heterocycles. The van der Waals surface area contributed by atoms with Gasteiger partial charge >= 0.3 is 0 Å². The second kappa shape index (κ2) is 5.74. The van der Waals surface area contributed by atoms with Crippen LogP contribution in [0.2, 0.25) is 0 Å². The van der Waals surface area contributed by atoms with Crippen molar-refractivity contribution in [1.29, 1.82) is 0 Å². The molecule has 1 aliphatic carbocycles. The number of benzene rings is 1. The van der Waals surface area contributed by atoms with Crippen LogP contribution >= 0.6 is 0 Å². The molecule has 1 N–H and O–H groups in total. The highest BCUT2D eigenvalue weighted by Gasteiger charge is 2.32. The molecule has 0 heterocycles. The summed E-state index contributed by atoms with van der Waals surface area (Å²) in [5.41, 5.74) is -0.0104. The molecule has 1 aromatic carbocycles. The van der Waals surface area contributed by atoms with E-state index in [1.807, 2.05) is 0 Å². The van der Waals surface area contributed by atoms with Crippen LogP contribution in [0.4, 0.5) is 0 Å². The van der Waals surface area contributed by atoms with Crippen molar-refractivity contribution < 1.29 is 14.6 Å². The fourth-order valence-corrected chi connectivity index (χ4v) is 2.45. The maximum Gasteiger partial charge on any atom is 0.159 e. The fraction of sp³-hybridized carbons (Fsp3) is 0.562. The molecule has 0 spiro atoms. The van der Waals surface area contributed by atoms with Crippen molar-refractivity contribution in [3.8, 4) is 5.75 Å². The van der Waals surface area contributed by atoms with Crippen LogP contribution in [-0.4, -0.2) is 23.1 Å². The first-order valence-electron chi connectivity index (χ1n) is 6.95. The number of ketones is 1. The molecule has 1 aromatic rings. The van der Waals surface area contributed by atoms with E-state index in [2.05, 4.69) is 6.92 Å². The second-order valence-electron chi connectivity index (χ2n) is 5.78. The SMILES string of the molecule is CC(=O)c1ccc(OCC2(O)CCC(C)CC2)cc1. The quantitative estimate of drug-likeness (QED) is 0.847. The van der Waals surface area contributed by atoms with E-state index in [0.717, 1.165) is 25.7 Å². The lowest BCUT2D eigenvalue weighted by molar-refractivity contribution is -0.0424. The maximum atomic E-state index is 11.2. The first-order valence-corrected chi connectivity index (χ1v) is 6.95. The van der Waals surface area contributed by atoms with Crippen LogP contribution in [-0.2, 0) is 0 Å². The molecular formula is C16H22O3. The van der Waals surface area contributed by atoms with E-state index in [4.69, 9.17) is 4.74 Å². The minimum atomic E-state index is -0.689. The molecule has 0 saturated heterocycles. The lowest BCUT2D eigenvalue weighted by Crippen LogP contribution is -2.39. The molecule has 0 bridgehead atoms. The van der Waals surface area contributed by atoms with E-state index in [0.29, 0.717) is 23.8 Å². The van der Waals surface area contributed by atoms with Gasteiger partial charge in [-0.1, -0.05) is 6.92 Å². The molecule has 3 heteroatoms. The molecule has 1 saturated carbocycles. The summed E-state index contributed by atoms with van der Waals surface area (Å²) >= 11 is 0. The second-order valence-corrected chi connectivity index (χ2v) is 5.78. The standard InChI is InChI=1S/C16H22O3/c1-12-7-9-16(18,10-8-12)11-19-15-5-3-14(4-6-15)13(2)17/h3-6,12,18H,7-11H2,1-2H3. The molecule has 1 fully saturated rings. The number of Topliss-reactive ketones (excluding diaryl/α,β-unsaturated/α-hetero) is 1. The molecule has 3 nitrogen and oxygen atoms in total. The van der Waals surface area contributed by atoms with Crippen molar-refractivity contribution in [1.82, 2.24) is 0 Å². The zero-order valence-electron chi connectivity index (χ0n) is 11.7. The fourth-order valence-electron chi connectivity index (χ4n) is 2.45. The summed E-state index contributed by atoms with van der Waals surface area (Å²) in [6.07, 6.45) is 3.73. The third-order valence-corrected chi connectivity index (χ3v) is 3.97. The Morgan fingerprint density at radius 1 is 1.32 bits per heavy atom. The minimum absolute atomic E-state index is 0.0476. The molecule has 0 amide bonds. The molecule has 0 aliphatic heterocycles. The summed E-state index contributed by atoms with van der Waals surface area (Å²) < 4.78 is 5.66. The van der Waals surface area contributed by atoms with Crippen LogP contribution in [0, 0.1) is 5.92 Å². The van der Waals surface area contributed by atoms with Gasteiger partial charge in [-0.15, -0.1) is 0 Å². The van der Waals surface area contributed by atoms with Gasteiger partial charge in [0, 0.05) is 5.56 Å². The lowest BCUT2D eigenvalue weighted by Gasteiger charge is -2.34. The van der Waals surface area contributed by atoms with Gasteiger partial charge in [0.05, 0.1) is 5.60 Å². The van der Waals surface area contributed by atoms with Gasteiger partial charge in [0.1, 0.15) is 12.4 Å². The number of carbonyl (C=O) groups excluding carboxylic acids is 1. The van der Waals surface area contributed by atoms with Gasteiger partial charge in [-0.2, -0.15) is 0 Å². The Morgan fingerprint density at radius 3 is 2.42 bits per heavy atom. The largest absolute Gasteiger partial charge is 0.491 e. The van der Waals surface area contributed by atoms with Gasteiger partial charge in [-0.3, -0.25) is 4.79 Å². The van der Waals surface area contributed by atoms with Crippen molar-refractivity contribution in [2.45, 2.75) is 45.1 Å². The normalized spacial score (nSPS) is 27.0. The zero-order chi connectivity index (χ0) is 13.9. The van der Waals surface area contributed by atoms with Crippen molar-refractivity contribution in [2.24, 2.45) is 5.92 Å². The summed E-state index contributed by atoms with van der Waals surface area (Å²) in [5, 5.41) is 10.4. The van der Waals surface area contributed by atoms with Gasteiger partial charge in [0.2, 0.25) is 0 Å². The summed E-state index contributed by atoms with van der Waals surface area (Å²) in [4.78, 5) is 11.2. The van der Waals surface area contributed by atoms with E-state index in [1.165, 1.54) is 0 Å². The summed E-state index contributed by atoms with van der Waals surface area (Å²) in [7, 11) is 0. The van der Waals surface area contributed by atoms with Crippen molar-refractivity contribution in [3.05, 3.63) is 29.8 Å². The lowest BCUT2D eigenvalue weighted by atomic mass is 9.80. The zero-order valence-corrected chi connectivity index (χ0v) is 11.7. The van der Waals surface area contributed by atoms with Crippen LogP contribution in [0.15, 0.2) is 24.3 Å². The Morgan fingerprint density at radius 2 is 1.89 bits per heavy atom. The number of rotatable bonds is 4. The van der Waals surface area contributed by atoms with E-state index in [-0.39, 0.29) is 5.78 Å². The predicted octanol–water partition coefficient (Wildman–Crippen LogP) is 3.21. The Labute approximate surface area is 114 Å². The van der Waals surface area contributed by atoms with Crippen molar-refractivity contribution >= 4 is 5.78 Å². The summed E-state index contributed by atoms with van der Waals surface area (Å²) in [5.74, 6) is 1.46. The molecule has 19 heavy (non-hydrogen) atoms. The van der Waals surface area contributed by atoms with E-state index < -0.39 is 5.60 Å². The van der Waals surface area contributed by atoms with E-state index in [9.17, 15) is 9.90 Å². The van der Waals surface area contributed by atoms with Gasteiger partial charge in [0.25, 0.3) is 0 Å². The number of carbonyl (C=O) groups is 1. The maximum absolute atomic E-state index is 11.2. The van der Waals surface area contributed by atoms with Gasteiger partial charge in [0.15, 0.2) is 5.78 Å².